The van der Waals surface area contributed by atoms with Crippen molar-refractivity contribution in [1.29, 1.82) is 0 Å². The molecule has 0 aromatic heterocycles. The lowest BCUT2D eigenvalue weighted by atomic mass is 10.1. The maximum Gasteiger partial charge on any atom is 0.328 e. The third-order valence-electron chi connectivity index (χ3n) is 2.98. The first-order chi connectivity index (χ1) is 10.1. The van der Waals surface area contributed by atoms with Crippen LogP contribution >= 0.6 is 0 Å². The Kier molecular flexibility index (Phi) is 4.72. The molecule has 0 bridgehead atoms. The molecule has 0 fully saturated rings. The lowest BCUT2D eigenvalue weighted by molar-refractivity contribution is -0.131. The maximum atomic E-state index is 13.0. The Hall–Kier alpha value is -2.62. The number of carbonyl (C=O) groups is 1. The molecule has 4 heteroatoms. The van der Waals surface area contributed by atoms with Gasteiger partial charge in [-0.25, -0.2) is 9.18 Å². The first-order valence-electron chi connectivity index (χ1n) is 6.44. The van der Waals surface area contributed by atoms with Gasteiger partial charge in [-0.1, -0.05) is 24.3 Å². The van der Waals surface area contributed by atoms with Crippen LogP contribution in [-0.4, -0.2) is 11.1 Å². The molecule has 0 radical (unpaired) electrons. The molecule has 0 atom stereocenters. The van der Waals surface area contributed by atoms with Gasteiger partial charge in [0.25, 0.3) is 0 Å². The van der Waals surface area contributed by atoms with Crippen molar-refractivity contribution in [2.75, 3.05) is 0 Å². The summed E-state index contributed by atoms with van der Waals surface area (Å²) < 4.78 is 18.7. The molecule has 0 aliphatic heterocycles. The molecule has 1 N–H and O–H groups in total. The quantitative estimate of drug-likeness (QED) is 0.850. The van der Waals surface area contributed by atoms with Crippen molar-refractivity contribution < 1.29 is 19.0 Å². The average molecular weight is 286 g/mol. The van der Waals surface area contributed by atoms with Gasteiger partial charge < -0.3 is 9.84 Å². The zero-order chi connectivity index (χ0) is 15.2. The normalized spacial score (nSPS) is 10.8. The van der Waals surface area contributed by atoms with E-state index in [4.69, 9.17) is 9.84 Å². The maximum absolute atomic E-state index is 13.0. The van der Waals surface area contributed by atoms with E-state index in [1.165, 1.54) is 18.2 Å². The van der Waals surface area contributed by atoms with E-state index in [1.807, 2.05) is 24.3 Å². The number of carboxylic acids is 1. The van der Waals surface area contributed by atoms with Gasteiger partial charge in [-0.05, 0) is 47.9 Å². The number of hydrogen-bond donors (Lipinski definition) is 1. The molecule has 2 rings (SSSR count). The van der Waals surface area contributed by atoms with E-state index in [2.05, 4.69) is 0 Å². The molecule has 0 heterocycles. The number of hydrogen-bond acceptors (Lipinski definition) is 2. The standard InChI is InChI=1S/C17H15FO3/c1-12-10-15(18)7-8-16(12)21-11-14-5-3-2-4-13(14)6-9-17(19)20/h2-10H,11H2,1H3,(H,19,20)/b9-6+. The van der Waals surface area contributed by atoms with E-state index in [0.717, 1.165) is 17.2 Å². The summed E-state index contributed by atoms with van der Waals surface area (Å²) in [6, 6.07) is 11.7. The van der Waals surface area contributed by atoms with Gasteiger partial charge in [0.1, 0.15) is 18.2 Å². The Balaban J connectivity index is 2.14. The minimum absolute atomic E-state index is 0.284. The second kappa shape index (κ2) is 6.70. The Labute approximate surface area is 122 Å². The Morgan fingerprint density at radius 2 is 2.05 bits per heavy atom. The van der Waals surface area contributed by atoms with Gasteiger partial charge in [-0.2, -0.15) is 0 Å². The zero-order valence-electron chi connectivity index (χ0n) is 11.5. The Bertz CT molecular complexity index is 677. The molecule has 0 saturated heterocycles. The number of ether oxygens (including phenoxy) is 1. The molecule has 0 unspecified atom stereocenters. The van der Waals surface area contributed by atoms with Crippen LogP contribution in [0.25, 0.3) is 6.08 Å². The van der Waals surface area contributed by atoms with Crippen molar-refractivity contribution in [1.82, 2.24) is 0 Å². The number of rotatable bonds is 5. The fourth-order valence-electron chi connectivity index (χ4n) is 1.92. The molecule has 0 aliphatic carbocycles. The van der Waals surface area contributed by atoms with Crippen LogP contribution in [-0.2, 0) is 11.4 Å². The summed E-state index contributed by atoms with van der Waals surface area (Å²) in [7, 11) is 0. The smallest absolute Gasteiger partial charge is 0.328 e. The Morgan fingerprint density at radius 1 is 1.29 bits per heavy atom. The largest absolute Gasteiger partial charge is 0.489 e. The van der Waals surface area contributed by atoms with E-state index in [1.54, 1.807) is 13.0 Å². The van der Waals surface area contributed by atoms with Gasteiger partial charge in [0.2, 0.25) is 0 Å². The van der Waals surface area contributed by atoms with Gasteiger partial charge in [-0.3, -0.25) is 0 Å². The molecule has 2 aromatic carbocycles. The van der Waals surface area contributed by atoms with Gasteiger partial charge in [0.05, 0.1) is 0 Å². The highest BCUT2D eigenvalue weighted by atomic mass is 19.1. The fraction of sp³-hybridized carbons (Fsp3) is 0.118. The summed E-state index contributed by atoms with van der Waals surface area (Å²) >= 11 is 0. The molecular weight excluding hydrogens is 271 g/mol. The van der Waals surface area contributed by atoms with E-state index < -0.39 is 5.97 Å². The lowest BCUT2D eigenvalue weighted by Gasteiger charge is -2.11. The number of aryl methyl sites for hydroxylation is 1. The van der Waals surface area contributed by atoms with Gasteiger partial charge in [0.15, 0.2) is 0 Å². The van der Waals surface area contributed by atoms with Crippen molar-refractivity contribution in [3.8, 4) is 5.75 Å². The minimum Gasteiger partial charge on any atom is -0.489 e. The SMILES string of the molecule is Cc1cc(F)ccc1OCc1ccccc1/C=C/C(=O)O. The summed E-state index contributed by atoms with van der Waals surface area (Å²) in [5.41, 5.74) is 2.35. The van der Waals surface area contributed by atoms with Crippen LogP contribution < -0.4 is 4.74 Å². The first-order valence-corrected chi connectivity index (χ1v) is 6.44. The third-order valence-corrected chi connectivity index (χ3v) is 2.98. The Morgan fingerprint density at radius 3 is 2.76 bits per heavy atom. The average Bonchev–Trinajstić information content (AvgIpc) is 2.45. The molecule has 0 saturated carbocycles. The third kappa shape index (κ3) is 4.18. The summed E-state index contributed by atoms with van der Waals surface area (Å²) in [6.45, 7) is 2.06. The monoisotopic (exact) mass is 286 g/mol. The lowest BCUT2D eigenvalue weighted by Crippen LogP contribution is -1.99. The summed E-state index contributed by atoms with van der Waals surface area (Å²) in [5, 5.41) is 8.68. The van der Waals surface area contributed by atoms with Crippen LogP contribution in [0.2, 0.25) is 0 Å². The van der Waals surface area contributed by atoms with Crippen molar-refractivity contribution >= 4 is 12.0 Å². The van der Waals surface area contributed by atoms with Crippen LogP contribution in [0.1, 0.15) is 16.7 Å². The minimum atomic E-state index is -1.000. The van der Waals surface area contributed by atoms with Crippen molar-refractivity contribution in [3.63, 3.8) is 0 Å². The summed E-state index contributed by atoms with van der Waals surface area (Å²) in [5.74, 6) is -0.696. The highest BCUT2D eigenvalue weighted by Crippen LogP contribution is 2.21. The summed E-state index contributed by atoms with van der Waals surface area (Å²) in [6.07, 6.45) is 2.61. The summed E-state index contributed by atoms with van der Waals surface area (Å²) in [4.78, 5) is 10.6. The van der Waals surface area contributed by atoms with Gasteiger partial charge in [0, 0.05) is 6.08 Å². The number of carboxylic acid groups (broad SMARTS) is 1. The topological polar surface area (TPSA) is 46.5 Å². The predicted octanol–water partition coefficient (Wildman–Crippen LogP) is 3.81. The molecule has 2 aromatic rings. The van der Waals surface area contributed by atoms with Crippen LogP contribution in [0.4, 0.5) is 4.39 Å². The van der Waals surface area contributed by atoms with Crippen LogP contribution in [0.15, 0.2) is 48.5 Å². The highest BCUT2D eigenvalue weighted by molar-refractivity contribution is 5.85. The van der Waals surface area contributed by atoms with Crippen LogP contribution in [0.5, 0.6) is 5.75 Å². The number of aliphatic carboxylic acids is 1. The molecule has 108 valence electrons. The fourth-order valence-corrected chi connectivity index (χ4v) is 1.92. The molecule has 0 aliphatic rings. The van der Waals surface area contributed by atoms with E-state index in [9.17, 15) is 9.18 Å². The second-order valence-corrected chi connectivity index (χ2v) is 4.57. The van der Waals surface area contributed by atoms with E-state index in [0.29, 0.717) is 11.3 Å². The zero-order valence-corrected chi connectivity index (χ0v) is 11.5. The van der Waals surface area contributed by atoms with Crippen LogP contribution in [0, 0.1) is 12.7 Å². The van der Waals surface area contributed by atoms with E-state index in [-0.39, 0.29) is 12.4 Å². The van der Waals surface area contributed by atoms with Gasteiger partial charge in [-0.15, -0.1) is 0 Å². The second-order valence-electron chi connectivity index (χ2n) is 4.57. The molecule has 0 amide bonds. The van der Waals surface area contributed by atoms with Crippen molar-refractivity contribution in [2.45, 2.75) is 13.5 Å². The first kappa shape index (κ1) is 14.8. The highest BCUT2D eigenvalue weighted by Gasteiger charge is 2.04. The predicted molar refractivity (Wildman–Crippen MR) is 78.6 cm³/mol. The van der Waals surface area contributed by atoms with Crippen LogP contribution in [0.3, 0.4) is 0 Å². The molecular formula is C17H15FO3. The van der Waals surface area contributed by atoms with Crippen molar-refractivity contribution in [3.05, 3.63) is 71.0 Å². The molecule has 3 nitrogen and oxygen atoms in total. The molecule has 0 spiro atoms. The molecule has 21 heavy (non-hydrogen) atoms. The van der Waals surface area contributed by atoms with E-state index >= 15 is 0 Å². The number of benzene rings is 2. The van der Waals surface area contributed by atoms with Crippen molar-refractivity contribution in [2.24, 2.45) is 0 Å². The number of halogens is 1. The van der Waals surface area contributed by atoms with Gasteiger partial charge >= 0.3 is 5.97 Å².